The molecule has 18 heavy (non-hydrogen) atoms. The van der Waals surface area contributed by atoms with Crippen molar-refractivity contribution in [3.05, 3.63) is 0 Å². The van der Waals surface area contributed by atoms with Crippen molar-refractivity contribution in [2.24, 2.45) is 0 Å². The van der Waals surface area contributed by atoms with Gasteiger partial charge in [0.2, 0.25) is 5.91 Å². The molecule has 1 fully saturated rings. The van der Waals surface area contributed by atoms with Crippen LogP contribution in [-0.2, 0) is 9.59 Å². The van der Waals surface area contributed by atoms with E-state index in [1.165, 1.54) is 0 Å². The van der Waals surface area contributed by atoms with E-state index in [9.17, 15) is 9.59 Å². The Morgan fingerprint density at radius 2 is 2.17 bits per heavy atom. The lowest BCUT2D eigenvalue weighted by Crippen LogP contribution is -2.49. The van der Waals surface area contributed by atoms with Gasteiger partial charge in [0.25, 0.3) is 0 Å². The number of carboxylic acids is 1. The fourth-order valence-corrected chi connectivity index (χ4v) is 2.40. The first-order valence-corrected chi connectivity index (χ1v) is 6.84. The van der Waals surface area contributed by atoms with Gasteiger partial charge in [0, 0.05) is 6.54 Å². The molecular formula is C13H24N2O3. The lowest BCUT2D eigenvalue weighted by molar-refractivity contribution is -0.143. The van der Waals surface area contributed by atoms with Gasteiger partial charge >= 0.3 is 5.97 Å². The summed E-state index contributed by atoms with van der Waals surface area (Å²) < 4.78 is 0. The first-order valence-electron chi connectivity index (χ1n) is 6.84. The number of nitrogens with one attached hydrogen (secondary N) is 1. The van der Waals surface area contributed by atoms with Gasteiger partial charge in [-0.1, -0.05) is 19.8 Å². The number of rotatable bonds is 7. The first-order chi connectivity index (χ1) is 8.57. The Morgan fingerprint density at radius 1 is 1.44 bits per heavy atom. The van der Waals surface area contributed by atoms with Gasteiger partial charge in [-0.25, -0.2) is 0 Å². The lowest BCUT2D eigenvalue weighted by Gasteiger charge is -2.27. The molecule has 0 saturated carbocycles. The Morgan fingerprint density at radius 3 is 2.78 bits per heavy atom. The zero-order valence-corrected chi connectivity index (χ0v) is 11.3. The van der Waals surface area contributed by atoms with Gasteiger partial charge in [0.1, 0.15) is 6.04 Å². The van der Waals surface area contributed by atoms with Crippen LogP contribution >= 0.6 is 0 Å². The highest BCUT2D eigenvalue weighted by Gasteiger charge is 2.36. The number of hydrogen-bond donors (Lipinski definition) is 2. The van der Waals surface area contributed by atoms with Crippen molar-refractivity contribution < 1.29 is 14.7 Å². The second-order valence-corrected chi connectivity index (χ2v) is 4.91. The quantitative estimate of drug-likeness (QED) is 0.672. The summed E-state index contributed by atoms with van der Waals surface area (Å²) in [7, 11) is 0. The molecule has 1 amide bonds. The molecule has 104 valence electrons. The van der Waals surface area contributed by atoms with Crippen LogP contribution in [0.3, 0.4) is 0 Å². The number of amides is 1. The number of likely N-dealkylation sites (tertiary alicyclic amines) is 1. The normalized spacial score (nSPS) is 21.8. The largest absolute Gasteiger partial charge is 0.480 e. The maximum atomic E-state index is 11.9. The molecule has 5 heteroatoms. The van der Waals surface area contributed by atoms with Crippen LogP contribution < -0.4 is 5.32 Å². The molecule has 1 aliphatic rings. The van der Waals surface area contributed by atoms with Crippen molar-refractivity contribution >= 4 is 11.9 Å². The van der Waals surface area contributed by atoms with Crippen LogP contribution in [0.1, 0.15) is 46.0 Å². The molecule has 2 unspecified atom stereocenters. The molecule has 1 heterocycles. The Hall–Kier alpha value is -1.10. The van der Waals surface area contributed by atoms with Crippen LogP contribution in [-0.4, -0.2) is 47.1 Å². The van der Waals surface area contributed by atoms with Crippen molar-refractivity contribution in [2.45, 2.75) is 58.0 Å². The summed E-state index contributed by atoms with van der Waals surface area (Å²) in [5.74, 6) is -0.877. The van der Waals surface area contributed by atoms with Crippen molar-refractivity contribution in [1.29, 1.82) is 0 Å². The van der Waals surface area contributed by atoms with Gasteiger partial charge in [0.15, 0.2) is 0 Å². The molecule has 2 N–H and O–H groups in total. The van der Waals surface area contributed by atoms with Crippen LogP contribution in [0.25, 0.3) is 0 Å². The molecule has 2 atom stereocenters. The predicted octanol–water partition coefficient (Wildman–Crippen LogP) is 1.23. The minimum absolute atomic E-state index is 0.0562. The summed E-state index contributed by atoms with van der Waals surface area (Å²) in [6, 6.07) is -0.850. The first kappa shape index (κ1) is 15.0. The highest BCUT2D eigenvalue weighted by Crippen LogP contribution is 2.20. The summed E-state index contributed by atoms with van der Waals surface area (Å²) in [6.07, 6.45) is 4.71. The van der Waals surface area contributed by atoms with E-state index in [1.54, 1.807) is 11.8 Å². The fourth-order valence-electron chi connectivity index (χ4n) is 2.40. The maximum absolute atomic E-state index is 11.9. The topological polar surface area (TPSA) is 69.6 Å². The van der Waals surface area contributed by atoms with Crippen molar-refractivity contribution in [3.63, 3.8) is 0 Å². The molecule has 5 nitrogen and oxygen atoms in total. The van der Waals surface area contributed by atoms with Crippen molar-refractivity contribution in [3.8, 4) is 0 Å². The Bertz CT molecular complexity index is 294. The summed E-state index contributed by atoms with van der Waals surface area (Å²) in [5, 5.41) is 12.0. The zero-order chi connectivity index (χ0) is 13.5. The van der Waals surface area contributed by atoms with Crippen LogP contribution in [0.2, 0.25) is 0 Å². The third-order valence-corrected chi connectivity index (χ3v) is 3.54. The maximum Gasteiger partial charge on any atom is 0.320 e. The SMILES string of the molecule is CCCCCNC(=O)C(C)N1CCCC1C(=O)O. The number of carboxylic acid groups (broad SMARTS) is 1. The summed E-state index contributed by atoms with van der Waals surface area (Å²) in [4.78, 5) is 24.8. The number of aliphatic carboxylic acids is 1. The van der Waals surface area contributed by atoms with Crippen LogP contribution in [0, 0.1) is 0 Å². The number of nitrogens with zero attached hydrogens (tertiary/aromatic N) is 1. The van der Waals surface area contributed by atoms with Gasteiger partial charge < -0.3 is 10.4 Å². The summed E-state index contributed by atoms with van der Waals surface area (Å²) in [6.45, 7) is 5.28. The van der Waals surface area contributed by atoms with Gasteiger partial charge in [-0.15, -0.1) is 0 Å². The van der Waals surface area contributed by atoms with Gasteiger partial charge in [0.05, 0.1) is 6.04 Å². The second-order valence-electron chi connectivity index (χ2n) is 4.91. The van der Waals surface area contributed by atoms with Crippen molar-refractivity contribution in [1.82, 2.24) is 10.2 Å². The number of hydrogen-bond acceptors (Lipinski definition) is 3. The van der Waals surface area contributed by atoms with E-state index < -0.39 is 12.0 Å². The Balaban J connectivity index is 2.40. The number of carbonyl (C=O) groups excluding carboxylic acids is 1. The smallest absolute Gasteiger partial charge is 0.320 e. The standard InChI is InChI=1S/C13H24N2O3/c1-3-4-5-8-14-12(16)10(2)15-9-6-7-11(15)13(17)18/h10-11H,3-9H2,1-2H3,(H,14,16)(H,17,18). The van der Waals surface area contributed by atoms with Crippen LogP contribution in [0.4, 0.5) is 0 Å². The highest BCUT2D eigenvalue weighted by atomic mass is 16.4. The molecule has 0 radical (unpaired) electrons. The number of carbonyl (C=O) groups is 2. The average molecular weight is 256 g/mol. The van der Waals surface area contributed by atoms with E-state index in [0.29, 0.717) is 19.5 Å². The highest BCUT2D eigenvalue weighted by molar-refractivity contribution is 5.82. The molecule has 1 rings (SSSR count). The third kappa shape index (κ3) is 3.98. The summed E-state index contributed by atoms with van der Waals surface area (Å²) >= 11 is 0. The lowest BCUT2D eigenvalue weighted by atomic mass is 10.2. The van der Waals surface area contributed by atoms with E-state index in [-0.39, 0.29) is 11.9 Å². The van der Waals surface area contributed by atoms with Crippen LogP contribution in [0.5, 0.6) is 0 Å². The van der Waals surface area contributed by atoms with Gasteiger partial charge in [-0.2, -0.15) is 0 Å². The molecule has 0 aromatic carbocycles. The molecule has 0 spiro atoms. The molecule has 1 aliphatic heterocycles. The molecule has 0 aromatic heterocycles. The molecule has 1 saturated heterocycles. The van der Waals surface area contributed by atoms with Crippen molar-refractivity contribution in [2.75, 3.05) is 13.1 Å². The summed E-state index contributed by atoms with van der Waals surface area (Å²) in [5.41, 5.74) is 0. The molecule has 0 aromatic rings. The predicted molar refractivity (Wildman–Crippen MR) is 69.4 cm³/mol. The molecular weight excluding hydrogens is 232 g/mol. The minimum Gasteiger partial charge on any atom is -0.480 e. The second kappa shape index (κ2) is 7.36. The van der Waals surface area contributed by atoms with E-state index in [2.05, 4.69) is 12.2 Å². The Labute approximate surface area is 109 Å². The van der Waals surface area contributed by atoms with E-state index >= 15 is 0 Å². The van der Waals surface area contributed by atoms with Crippen LogP contribution in [0.15, 0.2) is 0 Å². The average Bonchev–Trinajstić information content (AvgIpc) is 2.82. The van der Waals surface area contributed by atoms with E-state index in [4.69, 9.17) is 5.11 Å². The monoisotopic (exact) mass is 256 g/mol. The fraction of sp³-hybridized carbons (Fsp3) is 0.846. The molecule has 0 aliphatic carbocycles. The van der Waals surface area contributed by atoms with E-state index in [0.717, 1.165) is 25.7 Å². The number of unbranched alkanes of at least 4 members (excludes halogenated alkanes) is 2. The Kier molecular flexibility index (Phi) is 6.12. The van der Waals surface area contributed by atoms with Gasteiger partial charge in [-0.05, 0) is 32.7 Å². The van der Waals surface area contributed by atoms with E-state index in [1.807, 2.05) is 0 Å². The molecule has 0 bridgehead atoms. The van der Waals surface area contributed by atoms with Gasteiger partial charge in [-0.3, -0.25) is 14.5 Å². The zero-order valence-electron chi connectivity index (χ0n) is 11.3. The third-order valence-electron chi connectivity index (χ3n) is 3.54. The minimum atomic E-state index is -0.821.